The Bertz CT molecular complexity index is 807. The highest BCUT2D eigenvalue weighted by molar-refractivity contribution is 6.32. The van der Waals surface area contributed by atoms with E-state index in [4.69, 9.17) is 21.1 Å². The van der Waals surface area contributed by atoms with Crippen molar-refractivity contribution in [2.45, 2.75) is 6.92 Å². The Labute approximate surface area is 171 Å². The lowest BCUT2D eigenvalue weighted by Gasteiger charge is -2.34. The predicted octanol–water partition coefficient (Wildman–Crippen LogP) is 2.09. The summed E-state index contributed by atoms with van der Waals surface area (Å²) in [5.74, 6) is 1.50. The molecule has 0 spiro atoms. The van der Waals surface area contributed by atoms with E-state index in [1.165, 1.54) is 4.90 Å². The van der Waals surface area contributed by atoms with Crippen molar-refractivity contribution in [3.05, 3.63) is 47.5 Å². The van der Waals surface area contributed by atoms with Gasteiger partial charge in [0.25, 0.3) is 5.91 Å². The Kier molecular flexibility index (Phi) is 7.01. The zero-order valence-electron chi connectivity index (χ0n) is 16.3. The number of ether oxygens (including phenoxy) is 2. The van der Waals surface area contributed by atoms with E-state index in [9.17, 15) is 4.79 Å². The van der Waals surface area contributed by atoms with Crippen LogP contribution in [0.15, 0.2) is 42.5 Å². The molecule has 1 saturated heterocycles. The number of amides is 1. The largest absolute Gasteiger partial charge is 0.495 e. The van der Waals surface area contributed by atoms with Crippen molar-refractivity contribution in [1.82, 2.24) is 0 Å². The van der Waals surface area contributed by atoms with Gasteiger partial charge in [0.2, 0.25) is 0 Å². The molecule has 1 heterocycles. The van der Waals surface area contributed by atoms with E-state index in [2.05, 4.69) is 16.3 Å². The van der Waals surface area contributed by atoms with Gasteiger partial charge in [0.05, 0.1) is 50.6 Å². The highest BCUT2D eigenvalue weighted by Crippen LogP contribution is 2.28. The Morgan fingerprint density at radius 3 is 2.61 bits per heavy atom. The monoisotopic (exact) mass is 404 g/mol. The van der Waals surface area contributed by atoms with Crippen molar-refractivity contribution in [2.75, 3.05) is 56.7 Å². The maximum atomic E-state index is 12.4. The molecule has 0 bridgehead atoms. The quantitative estimate of drug-likeness (QED) is 0.742. The molecule has 3 rings (SSSR count). The molecule has 0 aliphatic carbocycles. The highest BCUT2D eigenvalue weighted by Gasteiger charge is 2.24. The van der Waals surface area contributed by atoms with E-state index in [1.807, 2.05) is 25.1 Å². The summed E-state index contributed by atoms with van der Waals surface area (Å²) in [4.78, 5) is 16.0. The molecule has 2 N–H and O–H groups in total. The second kappa shape index (κ2) is 9.66. The number of hydrogen-bond acceptors (Lipinski definition) is 4. The number of rotatable bonds is 7. The number of carbonyl (C=O) groups excluding carboxylic acids is 1. The first-order valence-corrected chi connectivity index (χ1v) is 9.92. The fourth-order valence-corrected chi connectivity index (χ4v) is 3.67. The lowest BCUT2D eigenvalue weighted by Crippen LogP contribution is -3.15. The minimum absolute atomic E-state index is 0.0144. The van der Waals surface area contributed by atoms with E-state index < -0.39 is 0 Å². The highest BCUT2D eigenvalue weighted by atomic mass is 35.5. The molecule has 2 aromatic carbocycles. The molecule has 0 radical (unpaired) electrons. The third-order valence-electron chi connectivity index (χ3n) is 4.82. The number of anilines is 2. The normalized spacial score (nSPS) is 14.6. The fourth-order valence-electron chi connectivity index (χ4n) is 3.41. The summed E-state index contributed by atoms with van der Waals surface area (Å²) in [7, 11) is 1.56. The van der Waals surface area contributed by atoms with Crippen LogP contribution in [0.5, 0.6) is 11.5 Å². The molecule has 0 unspecified atom stereocenters. The standard InChI is InChI=1S/C21H26ClN3O3/c1-3-28-20-7-5-4-6-18(20)25-12-10-24(11-13-25)15-21(26)23-16-8-9-19(27-2)17(22)14-16/h4-9,14H,3,10-13,15H2,1-2H3,(H,23,26)/p+1. The van der Waals surface area contributed by atoms with Crippen LogP contribution in [0, 0.1) is 0 Å². The van der Waals surface area contributed by atoms with Crippen LogP contribution >= 0.6 is 11.6 Å². The molecule has 150 valence electrons. The molecule has 7 heteroatoms. The number of carbonyl (C=O) groups is 1. The van der Waals surface area contributed by atoms with E-state index in [-0.39, 0.29) is 5.91 Å². The van der Waals surface area contributed by atoms with E-state index >= 15 is 0 Å². The maximum absolute atomic E-state index is 12.4. The van der Waals surface area contributed by atoms with Crippen LogP contribution in [0.3, 0.4) is 0 Å². The first kappa shape index (κ1) is 20.3. The minimum Gasteiger partial charge on any atom is -0.495 e. The molecule has 1 amide bonds. The number of nitrogens with zero attached hydrogens (tertiary/aromatic N) is 1. The van der Waals surface area contributed by atoms with E-state index in [0.717, 1.165) is 37.6 Å². The van der Waals surface area contributed by atoms with Crippen molar-refractivity contribution in [1.29, 1.82) is 0 Å². The molecule has 0 atom stereocenters. The second-order valence-corrected chi connectivity index (χ2v) is 7.12. The average Bonchev–Trinajstić information content (AvgIpc) is 2.69. The number of quaternary nitrogens is 1. The van der Waals surface area contributed by atoms with Gasteiger partial charge in [0.15, 0.2) is 6.54 Å². The van der Waals surface area contributed by atoms with Crippen molar-refractivity contribution >= 4 is 28.9 Å². The van der Waals surface area contributed by atoms with Crippen molar-refractivity contribution < 1.29 is 19.2 Å². The third kappa shape index (κ3) is 5.09. The summed E-state index contributed by atoms with van der Waals surface area (Å²) >= 11 is 6.12. The van der Waals surface area contributed by atoms with Crippen molar-refractivity contribution in [3.63, 3.8) is 0 Å². The third-order valence-corrected chi connectivity index (χ3v) is 5.12. The van der Waals surface area contributed by atoms with E-state index in [0.29, 0.717) is 29.6 Å². The lowest BCUT2D eigenvalue weighted by atomic mass is 10.2. The van der Waals surface area contributed by atoms with Gasteiger partial charge < -0.3 is 24.6 Å². The predicted molar refractivity (Wildman–Crippen MR) is 112 cm³/mol. The number of piperazine rings is 1. The fraction of sp³-hybridized carbons (Fsp3) is 0.381. The molecule has 2 aromatic rings. The zero-order chi connectivity index (χ0) is 19.9. The molecule has 28 heavy (non-hydrogen) atoms. The Balaban J connectivity index is 1.51. The second-order valence-electron chi connectivity index (χ2n) is 6.71. The molecule has 1 fully saturated rings. The van der Waals surface area contributed by atoms with Gasteiger partial charge in [-0.3, -0.25) is 4.79 Å². The summed E-state index contributed by atoms with van der Waals surface area (Å²) in [5.41, 5.74) is 1.81. The molecule has 1 aliphatic rings. The molecule has 0 aromatic heterocycles. The summed E-state index contributed by atoms with van der Waals surface area (Å²) in [6.45, 7) is 6.66. The molecule has 6 nitrogen and oxygen atoms in total. The number of hydrogen-bond donors (Lipinski definition) is 2. The van der Waals surface area contributed by atoms with Gasteiger partial charge >= 0.3 is 0 Å². The molecule has 0 saturated carbocycles. The van der Waals surface area contributed by atoms with Crippen LogP contribution in [-0.2, 0) is 4.79 Å². The van der Waals surface area contributed by atoms with Crippen molar-refractivity contribution in [2.24, 2.45) is 0 Å². The minimum atomic E-state index is -0.0144. The van der Waals surface area contributed by atoms with Gasteiger partial charge in [-0.1, -0.05) is 23.7 Å². The van der Waals surface area contributed by atoms with Crippen molar-refractivity contribution in [3.8, 4) is 11.5 Å². The summed E-state index contributed by atoms with van der Waals surface area (Å²) in [5, 5.41) is 3.40. The Morgan fingerprint density at radius 1 is 1.18 bits per heavy atom. The smallest absolute Gasteiger partial charge is 0.279 e. The first-order chi connectivity index (χ1) is 13.6. The Hall–Kier alpha value is -2.44. The topological polar surface area (TPSA) is 55.2 Å². The van der Waals surface area contributed by atoms with Crippen LogP contribution < -0.4 is 24.6 Å². The Morgan fingerprint density at radius 2 is 1.93 bits per heavy atom. The van der Waals surface area contributed by atoms with Crippen LogP contribution in [0.1, 0.15) is 6.92 Å². The van der Waals surface area contributed by atoms with Crippen LogP contribution in [0.2, 0.25) is 5.02 Å². The van der Waals surface area contributed by atoms with Crippen LogP contribution in [-0.4, -0.2) is 52.3 Å². The van der Waals surface area contributed by atoms with E-state index in [1.54, 1.807) is 25.3 Å². The van der Waals surface area contributed by atoms with Crippen LogP contribution in [0.25, 0.3) is 0 Å². The average molecular weight is 405 g/mol. The first-order valence-electron chi connectivity index (χ1n) is 9.54. The van der Waals surface area contributed by atoms with Gasteiger partial charge in [-0.25, -0.2) is 0 Å². The SMILES string of the molecule is CCOc1ccccc1N1CC[NH+](CC(=O)Nc2ccc(OC)c(Cl)c2)CC1. The van der Waals surface area contributed by atoms with Gasteiger partial charge in [0, 0.05) is 5.69 Å². The van der Waals surface area contributed by atoms with Gasteiger partial charge in [-0.15, -0.1) is 0 Å². The molecular formula is C21H27ClN3O3+. The zero-order valence-corrected chi connectivity index (χ0v) is 17.1. The summed E-state index contributed by atoms with van der Waals surface area (Å²) in [6.07, 6.45) is 0. The lowest BCUT2D eigenvalue weighted by molar-refractivity contribution is -0.892. The van der Waals surface area contributed by atoms with Gasteiger partial charge in [-0.2, -0.15) is 0 Å². The summed E-state index contributed by atoms with van der Waals surface area (Å²) in [6, 6.07) is 13.4. The molecule has 1 aliphatic heterocycles. The van der Waals surface area contributed by atoms with Crippen LogP contribution in [0.4, 0.5) is 11.4 Å². The summed E-state index contributed by atoms with van der Waals surface area (Å²) < 4.78 is 10.9. The number of halogens is 1. The van der Waals surface area contributed by atoms with Gasteiger partial charge in [-0.05, 0) is 37.3 Å². The number of methoxy groups -OCH3 is 1. The van der Waals surface area contributed by atoms with Gasteiger partial charge in [0.1, 0.15) is 11.5 Å². The number of nitrogens with one attached hydrogen (secondary N) is 2. The maximum Gasteiger partial charge on any atom is 0.279 e. The number of benzene rings is 2. The molecular weight excluding hydrogens is 378 g/mol. The number of para-hydroxylation sites is 2.